The molecule has 0 saturated carbocycles. The van der Waals surface area contributed by atoms with Gasteiger partial charge in [-0.15, -0.1) is 11.3 Å². The van der Waals surface area contributed by atoms with Crippen LogP contribution in [0.1, 0.15) is 41.0 Å². The number of aryl methyl sites for hydroxylation is 2. The van der Waals surface area contributed by atoms with E-state index in [1.807, 2.05) is 6.07 Å². The number of aliphatic carboxylic acids is 1. The number of nitrogens with one attached hydrogen (secondary N) is 1. The van der Waals surface area contributed by atoms with Crippen LogP contribution in [0.2, 0.25) is 0 Å². The third-order valence-electron chi connectivity index (χ3n) is 3.70. The number of hydrogen-bond acceptors (Lipinski definition) is 3. The number of rotatable bonds is 10. The molecule has 1 aromatic carbocycles. The summed E-state index contributed by atoms with van der Waals surface area (Å²) < 4.78 is 0. The fourth-order valence-electron chi connectivity index (χ4n) is 2.44. The van der Waals surface area contributed by atoms with E-state index in [0.717, 1.165) is 24.1 Å². The Bertz CT molecular complexity index is 652. The van der Waals surface area contributed by atoms with Gasteiger partial charge in [-0.05, 0) is 43.4 Å². The minimum absolute atomic E-state index is 0.0397. The monoisotopic (exact) mass is 345 g/mol. The van der Waals surface area contributed by atoms with Crippen LogP contribution >= 0.6 is 11.3 Å². The summed E-state index contributed by atoms with van der Waals surface area (Å²) in [6.45, 7) is 0.523. The molecular formula is C19H23NO3S. The number of carboxylic acid groups (broad SMARTS) is 1. The Kier molecular flexibility index (Phi) is 7.49. The van der Waals surface area contributed by atoms with Gasteiger partial charge in [0, 0.05) is 22.6 Å². The van der Waals surface area contributed by atoms with Crippen molar-refractivity contribution >= 4 is 23.2 Å². The highest BCUT2D eigenvalue weighted by Gasteiger charge is 2.05. The molecule has 4 nitrogen and oxygen atoms in total. The molecule has 128 valence electrons. The first-order valence-electron chi connectivity index (χ1n) is 8.23. The Balaban J connectivity index is 1.65. The van der Waals surface area contributed by atoms with E-state index in [2.05, 4.69) is 41.7 Å². The van der Waals surface area contributed by atoms with Crippen molar-refractivity contribution in [2.24, 2.45) is 0 Å². The first-order valence-corrected chi connectivity index (χ1v) is 9.05. The van der Waals surface area contributed by atoms with Crippen molar-refractivity contribution in [3.05, 3.63) is 57.8 Å². The van der Waals surface area contributed by atoms with Crippen LogP contribution in [-0.2, 0) is 29.0 Å². The molecule has 0 bridgehead atoms. The predicted octanol–water partition coefficient (Wildman–Crippen LogP) is 3.79. The molecule has 1 aromatic heterocycles. The average Bonchev–Trinajstić information content (AvgIpc) is 3.01. The standard InChI is InChI=1S/C19H23NO3S/c21-18(10-5-11-19(22)23)20-14-17-13-12-16(24-17)9-4-8-15-6-2-1-3-7-15/h1-3,6-7,12-13H,4-5,8-11,14H2,(H,20,21)(H,22,23). The molecule has 0 fully saturated rings. The van der Waals surface area contributed by atoms with Gasteiger partial charge < -0.3 is 10.4 Å². The van der Waals surface area contributed by atoms with Crippen molar-refractivity contribution in [2.45, 2.75) is 45.1 Å². The summed E-state index contributed by atoms with van der Waals surface area (Å²) in [6, 6.07) is 14.7. The van der Waals surface area contributed by atoms with Gasteiger partial charge in [0.05, 0.1) is 6.54 Å². The van der Waals surface area contributed by atoms with Crippen molar-refractivity contribution in [1.82, 2.24) is 5.32 Å². The van der Waals surface area contributed by atoms with Crippen LogP contribution in [0.4, 0.5) is 0 Å². The lowest BCUT2D eigenvalue weighted by atomic mass is 10.1. The number of amides is 1. The molecule has 2 rings (SSSR count). The first kappa shape index (κ1) is 18.2. The van der Waals surface area contributed by atoms with Gasteiger partial charge >= 0.3 is 5.97 Å². The van der Waals surface area contributed by atoms with E-state index in [0.29, 0.717) is 13.0 Å². The van der Waals surface area contributed by atoms with E-state index in [1.165, 1.54) is 10.4 Å². The van der Waals surface area contributed by atoms with Crippen molar-refractivity contribution in [3.8, 4) is 0 Å². The Morgan fingerprint density at radius 3 is 2.42 bits per heavy atom. The summed E-state index contributed by atoms with van der Waals surface area (Å²) >= 11 is 1.73. The lowest BCUT2D eigenvalue weighted by molar-refractivity contribution is -0.137. The van der Waals surface area contributed by atoms with Crippen LogP contribution in [0.5, 0.6) is 0 Å². The summed E-state index contributed by atoms with van der Waals surface area (Å²) in [5.74, 6) is -0.948. The molecular weight excluding hydrogens is 322 g/mol. The van der Waals surface area contributed by atoms with Crippen LogP contribution in [0.15, 0.2) is 42.5 Å². The van der Waals surface area contributed by atoms with E-state index in [-0.39, 0.29) is 18.7 Å². The van der Waals surface area contributed by atoms with Crippen LogP contribution < -0.4 is 5.32 Å². The molecule has 0 atom stereocenters. The number of benzene rings is 1. The van der Waals surface area contributed by atoms with Crippen molar-refractivity contribution in [2.75, 3.05) is 0 Å². The summed E-state index contributed by atoms with van der Waals surface area (Å²) in [4.78, 5) is 24.5. The first-order chi connectivity index (χ1) is 11.6. The van der Waals surface area contributed by atoms with Gasteiger partial charge in [0.2, 0.25) is 5.91 Å². The van der Waals surface area contributed by atoms with E-state index in [9.17, 15) is 9.59 Å². The smallest absolute Gasteiger partial charge is 0.303 e. The van der Waals surface area contributed by atoms with Crippen LogP contribution in [0.3, 0.4) is 0 Å². The maximum Gasteiger partial charge on any atom is 0.303 e. The maximum absolute atomic E-state index is 11.6. The Labute approximate surface area is 146 Å². The van der Waals surface area contributed by atoms with Crippen molar-refractivity contribution < 1.29 is 14.7 Å². The Morgan fingerprint density at radius 2 is 1.67 bits per heavy atom. The lowest BCUT2D eigenvalue weighted by Crippen LogP contribution is -2.22. The highest BCUT2D eigenvalue weighted by Crippen LogP contribution is 2.19. The summed E-state index contributed by atoms with van der Waals surface area (Å²) in [6.07, 6.45) is 3.93. The highest BCUT2D eigenvalue weighted by molar-refractivity contribution is 7.11. The Hall–Kier alpha value is -2.14. The van der Waals surface area contributed by atoms with Gasteiger partial charge in [0.1, 0.15) is 0 Å². The van der Waals surface area contributed by atoms with Crippen LogP contribution in [0, 0.1) is 0 Å². The third kappa shape index (κ3) is 6.96. The number of carboxylic acids is 1. The van der Waals surface area contributed by atoms with E-state index in [1.54, 1.807) is 11.3 Å². The summed E-state index contributed by atoms with van der Waals surface area (Å²) in [5.41, 5.74) is 1.36. The molecule has 2 aromatic rings. The summed E-state index contributed by atoms with van der Waals surface area (Å²) in [5, 5.41) is 11.4. The number of carbonyl (C=O) groups is 2. The zero-order valence-corrected chi connectivity index (χ0v) is 14.5. The molecule has 1 heterocycles. The molecule has 1 amide bonds. The maximum atomic E-state index is 11.6. The van der Waals surface area contributed by atoms with Crippen molar-refractivity contribution in [3.63, 3.8) is 0 Å². The average molecular weight is 345 g/mol. The molecule has 0 radical (unpaired) electrons. The Morgan fingerprint density at radius 1 is 0.917 bits per heavy atom. The fourth-order valence-corrected chi connectivity index (χ4v) is 3.44. The quantitative estimate of drug-likeness (QED) is 0.688. The molecule has 24 heavy (non-hydrogen) atoms. The zero-order chi connectivity index (χ0) is 17.2. The van der Waals surface area contributed by atoms with E-state index in [4.69, 9.17) is 5.11 Å². The number of thiophene rings is 1. The molecule has 0 aliphatic heterocycles. The molecule has 0 aliphatic carbocycles. The number of hydrogen-bond donors (Lipinski definition) is 2. The normalized spacial score (nSPS) is 10.5. The third-order valence-corrected chi connectivity index (χ3v) is 4.85. The second-order valence-corrected chi connectivity index (χ2v) is 6.98. The van der Waals surface area contributed by atoms with Crippen LogP contribution in [-0.4, -0.2) is 17.0 Å². The van der Waals surface area contributed by atoms with Crippen molar-refractivity contribution in [1.29, 1.82) is 0 Å². The van der Waals surface area contributed by atoms with E-state index < -0.39 is 5.97 Å². The molecule has 0 aliphatic rings. The van der Waals surface area contributed by atoms with E-state index >= 15 is 0 Å². The fraction of sp³-hybridized carbons (Fsp3) is 0.368. The summed E-state index contributed by atoms with van der Waals surface area (Å²) in [7, 11) is 0. The van der Waals surface area contributed by atoms with Gasteiger partial charge in [0.15, 0.2) is 0 Å². The highest BCUT2D eigenvalue weighted by atomic mass is 32.1. The molecule has 0 unspecified atom stereocenters. The second-order valence-electron chi connectivity index (χ2n) is 5.73. The number of carbonyl (C=O) groups excluding carboxylic acids is 1. The predicted molar refractivity (Wildman–Crippen MR) is 96.1 cm³/mol. The minimum atomic E-state index is -0.860. The van der Waals surface area contributed by atoms with Gasteiger partial charge in [-0.2, -0.15) is 0 Å². The van der Waals surface area contributed by atoms with Crippen LogP contribution in [0.25, 0.3) is 0 Å². The van der Waals surface area contributed by atoms with Gasteiger partial charge in [-0.25, -0.2) is 0 Å². The second kappa shape index (κ2) is 9.88. The van der Waals surface area contributed by atoms with Gasteiger partial charge in [0.25, 0.3) is 0 Å². The molecule has 2 N–H and O–H groups in total. The topological polar surface area (TPSA) is 66.4 Å². The van der Waals surface area contributed by atoms with Gasteiger partial charge in [-0.3, -0.25) is 9.59 Å². The lowest BCUT2D eigenvalue weighted by Gasteiger charge is -2.02. The zero-order valence-electron chi connectivity index (χ0n) is 13.7. The molecule has 0 spiro atoms. The largest absolute Gasteiger partial charge is 0.481 e. The van der Waals surface area contributed by atoms with Gasteiger partial charge in [-0.1, -0.05) is 30.3 Å². The SMILES string of the molecule is O=C(O)CCCC(=O)NCc1ccc(CCCc2ccccc2)s1. The molecule has 0 saturated heterocycles. The molecule has 5 heteroatoms. The minimum Gasteiger partial charge on any atom is -0.481 e.